The van der Waals surface area contributed by atoms with E-state index in [1.165, 1.54) is 50.6 Å². The van der Waals surface area contributed by atoms with Crippen LogP contribution in [0.3, 0.4) is 0 Å². The maximum Gasteiger partial charge on any atom is 0.339 e. The summed E-state index contributed by atoms with van der Waals surface area (Å²) >= 11 is 5.98. The van der Waals surface area contributed by atoms with Gasteiger partial charge in [0.1, 0.15) is 0 Å². The highest BCUT2D eigenvalue weighted by molar-refractivity contribution is 7.92. The van der Waals surface area contributed by atoms with E-state index in [-0.39, 0.29) is 33.5 Å². The fourth-order valence-electron chi connectivity index (χ4n) is 2.15. The standard InChI is InChI=1S/C17H18ClNO6S/c1-4-25-17(20)13-9-11(5-7-14(13)18)19-26(21,22)12-6-8-15(23-2)16(10-12)24-3/h5-10,19H,4H2,1-3H3. The molecule has 0 fully saturated rings. The number of benzene rings is 2. The number of nitrogens with one attached hydrogen (secondary N) is 1. The van der Waals surface area contributed by atoms with Crippen LogP contribution in [-0.2, 0) is 14.8 Å². The number of rotatable bonds is 7. The molecule has 0 radical (unpaired) electrons. The Hall–Kier alpha value is -2.45. The molecule has 0 amide bonds. The first-order valence-electron chi connectivity index (χ1n) is 7.54. The summed E-state index contributed by atoms with van der Waals surface area (Å²) in [5.74, 6) is 0.0471. The summed E-state index contributed by atoms with van der Waals surface area (Å²) in [4.78, 5) is 11.9. The normalized spacial score (nSPS) is 10.9. The van der Waals surface area contributed by atoms with E-state index in [4.69, 9.17) is 25.8 Å². The van der Waals surface area contributed by atoms with E-state index < -0.39 is 16.0 Å². The molecule has 0 heterocycles. The minimum atomic E-state index is -3.92. The maximum absolute atomic E-state index is 12.6. The highest BCUT2D eigenvalue weighted by Gasteiger charge is 2.19. The van der Waals surface area contributed by atoms with Crippen LogP contribution in [0.4, 0.5) is 5.69 Å². The van der Waals surface area contributed by atoms with Crippen LogP contribution in [0.15, 0.2) is 41.3 Å². The van der Waals surface area contributed by atoms with E-state index in [9.17, 15) is 13.2 Å². The lowest BCUT2D eigenvalue weighted by Gasteiger charge is -2.12. The Bertz CT molecular complexity index is 913. The number of ether oxygens (including phenoxy) is 3. The highest BCUT2D eigenvalue weighted by atomic mass is 35.5. The Morgan fingerprint density at radius 3 is 2.38 bits per heavy atom. The zero-order valence-corrected chi connectivity index (χ0v) is 16.0. The summed E-state index contributed by atoms with van der Waals surface area (Å²) < 4.78 is 42.7. The minimum Gasteiger partial charge on any atom is -0.493 e. The molecule has 26 heavy (non-hydrogen) atoms. The molecule has 0 unspecified atom stereocenters. The van der Waals surface area contributed by atoms with Gasteiger partial charge < -0.3 is 14.2 Å². The molecule has 0 saturated carbocycles. The first-order chi connectivity index (χ1) is 12.3. The zero-order chi connectivity index (χ0) is 19.3. The van der Waals surface area contributed by atoms with Crippen LogP contribution in [0.2, 0.25) is 5.02 Å². The number of carbonyl (C=O) groups excluding carboxylic acids is 1. The van der Waals surface area contributed by atoms with Gasteiger partial charge in [-0.25, -0.2) is 13.2 Å². The van der Waals surface area contributed by atoms with Crippen LogP contribution in [0.1, 0.15) is 17.3 Å². The molecule has 0 saturated heterocycles. The van der Waals surface area contributed by atoms with E-state index in [2.05, 4.69) is 4.72 Å². The van der Waals surface area contributed by atoms with Crippen LogP contribution in [0.5, 0.6) is 11.5 Å². The molecule has 9 heteroatoms. The van der Waals surface area contributed by atoms with E-state index in [1.54, 1.807) is 6.92 Å². The predicted molar refractivity (Wildman–Crippen MR) is 97.8 cm³/mol. The van der Waals surface area contributed by atoms with Gasteiger partial charge in [0, 0.05) is 11.8 Å². The minimum absolute atomic E-state index is 0.0252. The third-order valence-corrected chi connectivity index (χ3v) is 5.09. The summed E-state index contributed by atoms with van der Waals surface area (Å²) in [7, 11) is -1.06. The van der Waals surface area contributed by atoms with Gasteiger partial charge in [-0.2, -0.15) is 0 Å². The second-order valence-electron chi connectivity index (χ2n) is 5.04. The van der Waals surface area contributed by atoms with Crippen molar-refractivity contribution < 1.29 is 27.4 Å². The summed E-state index contributed by atoms with van der Waals surface area (Å²) in [6, 6.07) is 8.39. The highest BCUT2D eigenvalue weighted by Crippen LogP contribution is 2.30. The van der Waals surface area contributed by atoms with Gasteiger partial charge in [0.05, 0.1) is 36.3 Å². The molecule has 2 aromatic rings. The average molecular weight is 400 g/mol. The Balaban J connectivity index is 2.35. The van der Waals surface area contributed by atoms with Crippen molar-refractivity contribution in [3.63, 3.8) is 0 Å². The van der Waals surface area contributed by atoms with Crippen LogP contribution >= 0.6 is 11.6 Å². The molecule has 7 nitrogen and oxygen atoms in total. The molecular weight excluding hydrogens is 382 g/mol. The summed E-state index contributed by atoms with van der Waals surface area (Å²) in [5.41, 5.74) is 0.244. The number of carbonyl (C=O) groups is 1. The number of sulfonamides is 1. The Labute approximate surface area is 156 Å². The predicted octanol–water partition coefficient (Wildman–Crippen LogP) is 3.33. The van der Waals surface area contributed by atoms with Crippen molar-refractivity contribution in [2.75, 3.05) is 25.5 Å². The number of halogens is 1. The maximum atomic E-state index is 12.6. The lowest BCUT2D eigenvalue weighted by atomic mass is 10.2. The van der Waals surface area contributed by atoms with Crippen molar-refractivity contribution in [1.29, 1.82) is 0 Å². The Morgan fingerprint density at radius 1 is 1.08 bits per heavy atom. The van der Waals surface area contributed by atoms with Crippen LogP contribution in [0, 0.1) is 0 Å². The number of anilines is 1. The van der Waals surface area contributed by atoms with E-state index in [0.717, 1.165) is 0 Å². The molecule has 0 atom stereocenters. The Kier molecular flexibility index (Phi) is 6.33. The largest absolute Gasteiger partial charge is 0.493 e. The smallest absolute Gasteiger partial charge is 0.339 e. The molecule has 1 N–H and O–H groups in total. The molecule has 0 aliphatic rings. The van der Waals surface area contributed by atoms with Gasteiger partial charge in [0.25, 0.3) is 10.0 Å². The van der Waals surface area contributed by atoms with Crippen molar-refractivity contribution in [3.05, 3.63) is 47.0 Å². The number of hydrogen-bond acceptors (Lipinski definition) is 6. The second kappa shape index (κ2) is 8.29. The SMILES string of the molecule is CCOC(=O)c1cc(NS(=O)(=O)c2ccc(OC)c(OC)c2)ccc1Cl. The summed E-state index contributed by atoms with van der Waals surface area (Å²) in [6.07, 6.45) is 0. The molecule has 140 valence electrons. The molecule has 2 rings (SSSR count). The lowest BCUT2D eigenvalue weighted by Crippen LogP contribution is -2.14. The third kappa shape index (κ3) is 4.39. The molecule has 0 aliphatic carbocycles. The quantitative estimate of drug-likeness (QED) is 0.718. The molecule has 0 aromatic heterocycles. The number of methoxy groups -OCH3 is 2. The fourth-order valence-corrected chi connectivity index (χ4v) is 3.41. The molecule has 0 aliphatic heterocycles. The van der Waals surface area contributed by atoms with Crippen LogP contribution in [-0.4, -0.2) is 35.2 Å². The topological polar surface area (TPSA) is 90.9 Å². The van der Waals surface area contributed by atoms with Gasteiger partial charge in [0.15, 0.2) is 11.5 Å². The first-order valence-corrected chi connectivity index (χ1v) is 9.40. The van der Waals surface area contributed by atoms with E-state index >= 15 is 0 Å². The van der Waals surface area contributed by atoms with Crippen LogP contribution in [0.25, 0.3) is 0 Å². The van der Waals surface area contributed by atoms with Crippen molar-refractivity contribution in [3.8, 4) is 11.5 Å². The van der Waals surface area contributed by atoms with Gasteiger partial charge in [-0.3, -0.25) is 4.72 Å². The zero-order valence-electron chi connectivity index (χ0n) is 14.4. The molecule has 2 aromatic carbocycles. The van der Waals surface area contributed by atoms with Crippen molar-refractivity contribution in [1.82, 2.24) is 0 Å². The monoisotopic (exact) mass is 399 g/mol. The second-order valence-corrected chi connectivity index (χ2v) is 7.13. The van der Waals surface area contributed by atoms with Gasteiger partial charge in [-0.1, -0.05) is 11.6 Å². The van der Waals surface area contributed by atoms with Gasteiger partial charge in [0.2, 0.25) is 0 Å². The van der Waals surface area contributed by atoms with Gasteiger partial charge >= 0.3 is 5.97 Å². The summed E-state index contributed by atoms with van der Waals surface area (Å²) in [5, 5.41) is 0.164. The van der Waals surface area contributed by atoms with Crippen molar-refractivity contribution in [2.24, 2.45) is 0 Å². The van der Waals surface area contributed by atoms with Gasteiger partial charge in [-0.15, -0.1) is 0 Å². The Morgan fingerprint density at radius 2 is 1.77 bits per heavy atom. The lowest BCUT2D eigenvalue weighted by molar-refractivity contribution is 0.0526. The van der Waals surface area contributed by atoms with E-state index in [0.29, 0.717) is 5.75 Å². The molecular formula is C17H18ClNO6S. The number of esters is 1. The molecule has 0 spiro atoms. The van der Waals surface area contributed by atoms with E-state index in [1.807, 2.05) is 0 Å². The number of hydrogen-bond donors (Lipinski definition) is 1. The summed E-state index contributed by atoms with van der Waals surface area (Å²) in [6.45, 7) is 1.84. The van der Waals surface area contributed by atoms with Crippen molar-refractivity contribution in [2.45, 2.75) is 11.8 Å². The first kappa shape index (κ1) is 19.9. The average Bonchev–Trinajstić information content (AvgIpc) is 2.62. The van der Waals surface area contributed by atoms with Gasteiger partial charge in [-0.05, 0) is 37.3 Å². The molecule has 0 bridgehead atoms. The fraction of sp³-hybridized carbons (Fsp3) is 0.235. The third-order valence-electron chi connectivity index (χ3n) is 3.38. The van der Waals surface area contributed by atoms with Crippen LogP contribution < -0.4 is 14.2 Å². The van der Waals surface area contributed by atoms with Crippen molar-refractivity contribution >= 4 is 33.3 Å².